The van der Waals surface area contributed by atoms with Crippen molar-refractivity contribution >= 4 is 11.6 Å². The van der Waals surface area contributed by atoms with Gasteiger partial charge in [0.15, 0.2) is 0 Å². The largest absolute Gasteiger partial charge is 0.301 e. The Bertz CT molecular complexity index is 211. The SMILES string of the molecule is CC1CCN(CC2(C)CCCC2)CC1Cl. The van der Waals surface area contributed by atoms with Crippen LogP contribution in [0.15, 0.2) is 0 Å². The summed E-state index contributed by atoms with van der Waals surface area (Å²) >= 11 is 6.35. The van der Waals surface area contributed by atoms with Crippen LogP contribution in [0.3, 0.4) is 0 Å². The van der Waals surface area contributed by atoms with E-state index in [1.807, 2.05) is 0 Å². The summed E-state index contributed by atoms with van der Waals surface area (Å²) in [5, 5.41) is 0.378. The molecule has 2 aliphatic rings. The smallest absolute Gasteiger partial charge is 0.0489 e. The third-order valence-corrected chi connectivity index (χ3v) is 4.93. The van der Waals surface area contributed by atoms with Crippen LogP contribution in [-0.4, -0.2) is 29.9 Å². The van der Waals surface area contributed by atoms with Crippen LogP contribution in [0, 0.1) is 11.3 Å². The normalized spacial score (nSPS) is 37.0. The Balaban J connectivity index is 1.84. The van der Waals surface area contributed by atoms with Gasteiger partial charge in [0.25, 0.3) is 0 Å². The highest BCUT2D eigenvalue weighted by molar-refractivity contribution is 6.21. The Morgan fingerprint density at radius 3 is 2.60 bits per heavy atom. The molecule has 15 heavy (non-hydrogen) atoms. The predicted octanol–water partition coefficient (Wildman–Crippen LogP) is 3.52. The number of likely N-dealkylation sites (tertiary alicyclic amines) is 1. The number of hydrogen-bond acceptors (Lipinski definition) is 1. The van der Waals surface area contributed by atoms with Crippen molar-refractivity contribution in [1.82, 2.24) is 4.90 Å². The zero-order chi connectivity index (χ0) is 10.9. The van der Waals surface area contributed by atoms with E-state index in [-0.39, 0.29) is 0 Å². The van der Waals surface area contributed by atoms with Crippen molar-refractivity contribution in [1.29, 1.82) is 0 Å². The molecule has 2 unspecified atom stereocenters. The molecule has 0 aromatic rings. The van der Waals surface area contributed by atoms with Crippen molar-refractivity contribution in [2.75, 3.05) is 19.6 Å². The predicted molar refractivity (Wildman–Crippen MR) is 66.4 cm³/mol. The minimum absolute atomic E-state index is 0.378. The van der Waals surface area contributed by atoms with Crippen molar-refractivity contribution in [2.45, 2.75) is 51.3 Å². The maximum Gasteiger partial charge on any atom is 0.0489 e. The second-order valence-corrected chi connectivity index (χ2v) is 6.60. The topological polar surface area (TPSA) is 3.24 Å². The Labute approximate surface area is 99.2 Å². The van der Waals surface area contributed by atoms with Crippen LogP contribution in [0.5, 0.6) is 0 Å². The zero-order valence-electron chi connectivity index (χ0n) is 10.1. The molecule has 1 aliphatic heterocycles. The molecule has 2 rings (SSSR count). The summed E-state index contributed by atoms with van der Waals surface area (Å²) in [6.07, 6.45) is 7.00. The highest BCUT2D eigenvalue weighted by Crippen LogP contribution is 2.39. The number of piperidine rings is 1. The first-order chi connectivity index (χ1) is 7.09. The molecule has 2 heteroatoms. The summed E-state index contributed by atoms with van der Waals surface area (Å²) in [6, 6.07) is 0. The minimum Gasteiger partial charge on any atom is -0.301 e. The average Bonchev–Trinajstić information content (AvgIpc) is 2.59. The number of alkyl halides is 1. The van der Waals surface area contributed by atoms with E-state index in [1.54, 1.807) is 0 Å². The van der Waals surface area contributed by atoms with E-state index in [4.69, 9.17) is 11.6 Å². The van der Waals surface area contributed by atoms with E-state index in [0.29, 0.717) is 16.7 Å². The molecule has 1 heterocycles. The standard InChI is InChI=1S/C13H24ClN/c1-11-5-8-15(9-12(11)14)10-13(2)6-3-4-7-13/h11-12H,3-10H2,1-2H3. The van der Waals surface area contributed by atoms with Gasteiger partial charge in [-0.3, -0.25) is 0 Å². The van der Waals surface area contributed by atoms with Crippen LogP contribution < -0.4 is 0 Å². The first kappa shape index (κ1) is 11.7. The van der Waals surface area contributed by atoms with E-state index in [2.05, 4.69) is 18.7 Å². The lowest BCUT2D eigenvalue weighted by Crippen LogP contribution is -2.44. The lowest BCUT2D eigenvalue weighted by Gasteiger charge is -2.38. The molecule has 2 atom stereocenters. The van der Waals surface area contributed by atoms with E-state index >= 15 is 0 Å². The highest BCUT2D eigenvalue weighted by Gasteiger charge is 2.33. The molecule has 1 aliphatic carbocycles. The molecule has 0 N–H and O–H groups in total. The molecule has 0 aromatic heterocycles. The van der Waals surface area contributed by atoms with E-state index in [0.717, 1.165) is 6.54 Å². The van der Waals surface area contributed by atoms with Gasteiger partial charge in [0, 0.05) is 18.5 Å². The van der Waals surface area contributed by atoms with Crippen molar-refractivity contribution in [2.24, 2.45) is 11.3 Å². The van der Waals surface area contributed by atoms with Gasteiger partial charge in [-0.25, -0.2) is 0 Å². The fourth-order valence-electron chi connectivity index (χ4n) is 3.16. The van der Waals surface area contributed by atoms with Crippen molar-refractivity contribution in [3.63, 3.8) is 0 Å². The first-order valence-electron chi connectivity index (χ1n) is 6.45. The molecule has 0 amide bonds. The van der Waals surface area contributed by atoms with Crippen LogP contribution in [0.25, 0.3) is 0 Å². The van der Waals surface area contributed by atoms with Crippen LogP contribution in [0.2, 0.25) is 0 Å². The lowest BCUT2D eigenvalue weighted by atomic mass is 9.87. The Hall–Kier alpha value is 0.250. The molecule has 0 aromatic carbocycles. The summed E-state index contributed by atoms with van der Waals surface area (Å²) in [4.78, 5) is 2.60. The number of halogens is 1. The third-order valence-electron chi connectivity index (χ3n) is 4.37. The second kappa shape index (κ2) is 4.63. The third kappa shape index (κ3) is 2.88. The van der Waals surface area contributed by atoms with Crippen LogP contribution >= 0.6 is 11.6 Å². The van der Waals surface area contributed by atoms with Gasteiger partial charge in [-0.1, -0.05) is 26.7 Å². The maximum absolute atomic E-state index is 6.35. The molecule has 1 saturated heterocycles. The molecular weight excluding hydrogens is 206 g/mol. The van der Waals surface area contributed by atoms with Gasteiger partial charge in [0.1, 0.15) is 0 Å². The van der Waals surface area contributed by atoms with E-state index < -0.39 is 0 Å². The summed E-state index contributed by atoms with van der Waals surface area (Å²) in [6.45, 7) is 8.40. The quantitative estimate of drug-likeness (QED) is 0.655. The molecule has 0 bridgehead atoms. The monoisotopic (exact) mass is 229 g/mol. The van der Waals surface area contributed by atoms with Crippen molar-refractivity contribution < 1.29 is 0 Å². The summed E-state index contributed by atoms with van der Waals surface area (Å²) in [7, 11) is 0. The van der Waals surface area contributed by atoms with Crippen molar-refractivity contribution in [3.05, 3.63) is 0 Å². The minimum atomic E-state index is 0.378. The van der Waals surface area contributed by atoms with Gasteiger partial charge in [0.2, 0.25) is 0 Å². The second-order valence-electron chi connectivity index (χ2n) is 6.03. The van der Waals surface area contributed by atoms with Gasteiger partial charge in [-0.15, -0.1) is 11.6 Å². The number of rotatable bonds is 2. The van der Waals surface area contributed by atoms with Gasteiger partial charge < -0.3 is 4.90 Å². The Morgan fingerprint density at radius 1 is 1.33 bits per heavy atom. The molecular formula is C13H24ClN. The van der Waals surface area contributed by atoms with Gasteiger partial charge in [-0.2, -0.15) is 0 Å². The van der Waals surface area contributed by atoms with Gasteiger partial charge >= 0.3 is 0 Å². The fourth-order valence-corrected chi connectivity index (χ4v) is 3.48. The Kier molecular flexibility index (Phi) is 3.62. The van der Waals surface area contributed by atoms with Crippen molar-refractivity contribution in [3.8, 4) is 0 Å². The van der Waals surface area contributed by atoms with E-state index in [1.165, 1.54) is 45.2 Å². The van der Waals surface area contributed by atoms with Crippen LogP contribution in [-0.2, 0) is 0 Å². The Morgan fingerprint density at radius 2 is 2.00 bits per heavy atom. The number of nitrogens with zero attached hydrogens (tertiary/aromatic N) is 1. The number of hydrogen-bond donors (Lipinski definition) is 0. The van der Waals surface area contributed by atoms with Crippen LogP contribution in [0.1, 0.15) is 46.0 Å². The molecule has 0 spiro atoms. The average molecular weight is 230 g/mol. The van der Waals surface area contributed by atoms with Crippen LogP contribution in [0.4, 0.5) is 0 Å². The molecule has 0 radical (unpaired) electrons. The molecule has 88 valence electrons. The lowest BCUT2D eigenvalue weighted by molar-refractivity contribution is 0.128. The molecule has 1 nitrogen and oxygen atoms in total. The summed E-state index contributed by atoms with van der Waals surface area (Å²) < 4.78 is 0. The van der Waals surface area contributed by atoms with Gasteiger partial charge in [0.05, 0.1) is 0 Å². The summed E-state index contributed by atoms with van der Waals surface area (Å²) in [5.74, 6) is 0.708. The van der Waals surface area contributed by atoms with Gasteiger partial charge in [-0.05, 0) is 37.1 Å². The van der Waals surface area contributed by atoms with E-state index in [9.17, 15) is 0 Å². The highest BCUT2D eigenvalue weighted by atomic mass is 35.5. The molecule has 1 saturated carbocycles. The maximum atomic E-state index is 6.35. The zero-order valence-corrected chi connectivity index (χ0v) is 10.9. The summed E-state index contributed by atoms with van der Waals surface area (Å²) in [5.41, 5.74) is 0.594. The molecule has 2 fully saturated rings. The first-order valence-corrected chi connectivity index (χ1v) is 6.89. The fraction of sp³-hybridized carbons (Fsp3) is 1.00.